The minimum absolute atomic E-state index is 0.148. The van der Waals surface area contributed by atoms with Gasteiger partial charge in [-0.2, -0.15) is 0 Å². The van der Waals surface area contributed by atoms with Gasteiger partial charge in [0.15, 0.2) is 5.78 Å². The predicted molar refractivity (Wildman–Crippen MR) is 54.4 cm³/mol. The third-order valence-electron chi connectivity index (χ3n) is 2.02. The molecule has 0 aliphatic heterocycles. The van der Waals surface area contributed by atoms with E-state index in [1.807, 2.05) is 0 Å². The Morgan fingerprint density at radius 2 is 1.67 bits per heavy atom. The SMILES string of the molecule is CCN(CC(=O)C(C)(C)C)C(=O)C(=O)O. The van der Waals surface area contributed by atoms with Crippen molar-refractivity contribution in [3.63, 3.8) is 0 Å². The van der Waals surface area contributed by atoms with Crippen LogP contribution in [0.5, 0.6) is 0 Å². The minimum atomic E-state index is -1.53. The zero-order valence-corrected chi connectivity index (χ0v) is 9.53. The first-order chi connectivity index (χ1) is 6.70. The van der Waals surface area contributed by atoms with Crippen LogP contribution in [0.15, 0.2) is 0 Å². The number of amides is 1. The topological polar surface area (TPSA) is 74.7 Å². The molecule has 0 radical (unpaired) electrons. The van der Waals surface area contributed by atoms with Gasteiger partial charge in [-0.25, -0.2) is 4.79 Å². The fourth-order valence-electron chi connectivity index (χ4n) is 0.873. The molecule has 1 amide bonds. The quantitative estimate of drug-likeness (QED) is 0.697. The number of nitrogens with zero attached hydrogens (tertiary/aromatic N) is 1. The van der Waals surface area contributed by atoms with Crippen molar-refractivity contribution in [3.8, 4) is 0 Å². The van der Waals surface area contributed by atoms with Crippen molar-refractivity contribution < 1.29 is 19.5 Å². The van der Waals surface area contributed by atoms with E-state index in [-0.39, 0.29) is 18.9 Å². The number of carbonyl (C=O) groups excluding carboxylic acids is 2. The normalized spacial score (nSPS) is 10.9. The van der Waals surface area contributed by atoms with E-state index < -0.39 is 17.3 Å². The van der Waals surface area contributed by atoms with Gasteiger partial charge >= 0.3 is 11.9 Å². The van der Waals surface area contributed by atoms with Crippen LogP contribution in [-0.2, 0) is 14.4 Å². The molecule has 0 bridgehead atoms. The Hall–Kier alpha value is -1.39. The molecule has 0 rings (SSSR count). The van der Waals surface area contributed by atoms with Crippen LogP contribution in [0.3, 0.4) is 0 Å². The molecule has 0 heterocycles. The second kappa shape index (κ2) is 4.91. The highest BCUT2D eigenvalue weighted by atomic mass is 16.4. The molecule has 0 spiro atoms. The third-order valence-corrected chi connectivity index (χ3v) is 2.02. The lowest BCUT2D eigenvalue weighted by Gasteiger charge is -2.23. The lowest BCUT2D eigenvalue weighted by molar-refractivity contribution is -0.156. The lowest BCUT2D eigenvalue weighted by Crippen LogP contribution is -2.42. The second-order valence-electron chi connectivity index (χ2n) is 4.30. The zero-order valence-electron chi connectivity index (χ0n) is 9.53. The molecule has 1 N–H and O–H groups in total. The van der Waals surface area contributed by atoms with Crippen molar-refractivity contribution >= 4 is 17.7 Å². The maximum Gasteiger partial charge on any atom is 0.394 e. The van der Waals surface area contributed by atoms with Crippen LogP contribution in [0.25, 0.3) is 0 Å². The Labute approximate surface area is 89.1 Å². The van der Waals surface area contributed by atoms with E-state index in [4.69, 9.17) is 5.11 Å². The smallest absolute Gasteiger partial charge is 0.394 e. The third kappa shape index (κ3) is 4.10. The van der Waals surface area contributed by atoms with E-state index in [1.165, 1.54) is 0 Å². The maximum absolute atomic E-state index is 11.6. The molecule has 0 saturated heterocycles. The van der Waals surface area contributed by atoms with Crippen molar-refractivity contribution in [3.05, 3.63) is 0 Å². The summed E-state index contributed by atoms with van der Waals surface area (Å²) in [6, 6.07) is 0. The predicted octanol–water partition coefficient (Wildman–Crippen LogP) is 0.535. The molecule has 0 saturated carbocycles. The number of Topliss-reactive ketones (excluding diaryl/α,β-unsaturated/α-hetero) is 1. The molecule has 0 unspecified atom stereocenters. The van der Waals surface area contributed by atoms with Crippen molar-refractivity contribution in [1.29, 1.82) is 0 Å². The van der Waals surface area contributed by atoms with E-state index in [1.54, 1.807) is 27.7 Å². The summed E-state index contributed by atoms with van der Waals surface area (Å²) in [5, 5.41) is 8.50. The number of aliphatic carboxylic acids is 1. The Morgan fingerprint density at radius 3 is 1.93 bits per heavy atom. The number of hydrogen-bond donors (Lipinski definition) is 1. The maximum atomic E-state index is 11.6. The van der Waals surface area contributed by atoms with Crippen LogP contribution in [0.2, 0.25) is 0 Å². The van der Waals surface area contributed by atoms with Gasteiger partial charge in [0.25, 0.3) is 0 Å². The lowest BCUT2D eigenvalue weighted by atomic mass is 9.90. The summed E-state index contributed by atoms with van der Waals surface area (Å²) in [7, 11) is 0. The number of ketones is 1. The molecular weight excluding hydrogens is 198 g/mol. The van der Waals surface area contributed by atoms with Gasteiger partial charge < -0.3 is 10.0 Å². The first-order valence-corrected chi connectivity index (χ1v) is 4.75. The summed E-state index contributed by atoms with van der Waals surface area (Å²) in [5.41, 5.74) is -0.563. The van der Waals surface area contributed by atoms with Crippen molar-refractivity contribution in [2.75, 3.05) is 13.1 Å². The molecule has 0 aromatic rings. The van der Waals surface area contributed by atoms with E-state index in [9.17, 15) is 14.4 Å². The summed E-state index contributed by atoms with van der Waals surface area (Å²) in [5.74, 6) is -2.72. The van der Waals surface area contributed by atoms with E-state index in [0.29, 0.717) is 0 Å². The Kier molecular flexibility index (Phi) is 4.45. The highest BCUT2D eigenvalue weighted by Crippen LogP contribution is 2.15. The van der Waals surface area contributed by atoms with E-state index in [0.717, 1.165) is 4.90 Å². The fraction of sp³-hybridized carbons (Fsp3) is 0.700. The van der Waals surface area contributed by atoms with Crippen LogP contribution < -0.4 is 0 Å². The highest BCUT2D eigenvalue weighted by molar-refractivity contribution is 6.31. The number of hydrogen-bond acceptors (Lipinski definition) is 3. The molecule has 5 nitrogen and oxygen atoms in total. The minimum Gasteiger partial charge on any atom is -0.474 e. The largest absolute Gasteiger partial charge is 0.474 e. The zero-order chi connectivity index (χ0) is 12.2. The number of carboxylic acids is 1. The average Bonchev–Trinajstić information content (AvgIpc) is 2.10. The summed E-state index contributed by atoms with van der Waals surface area (Å²) in [4.78, 5) is 34.1. The van der Waals surface area contributed by atoms with Gasteiger partial charge in [0.05, 0.1) is 6.54 Å². The second-order valence-corrected chi connectivity index (χ2v) is 4.30. The number of rotatable bonds is 3. The van der Waals surface area contributed by atoms with Crippen LogP contribution in [0.4, 0.5) is 0 Å². The van der Waals surface area contributed by atoms with Crippen molar-refractivity contribution in [2.24, 2.45) is 5.41 Å². The molecule has 0 aromatic heterocycles. The van der Waals surface area contributed by atoms with E-state index >= 15 is 0 Å². The number of carboxylic acid groups (broad SMARTS) is 1. The first kappa shape index (κ1) is 13.6. The summed E-state index contributed by atoms with van der Waals surface area (Å²) < 4.78 is 0. The Bertz CT molecular complexity index is 278. The molecule has 0 aliphatic carbocycles. The van der Waals surface area contributed by atoms with Gasteiger partial charge in [-0.05, 0) is 6.92 Å². The van der Waals surface area contributed by atoms with E-state index in [2.05, 4.69) is 0 Å². The summed E-state index contributed by atoms with van der Waals surface area (Å²) in [6.07, 6.45) is 0. The highest BCUT2D eigenvalue weighted by Gasteiger charge is 2.27. The molecule has 15 heavy (non-hydrogen) atoms. The summed E-state index contributed by atoms with van der Waals surface area (Å²) in [6.45, 7) is 6.89. The van der Waals surface area contributed by atoms with Gasteiger partial charge in [0.2, 0.25) is 0 Å². The molecule has 0 aliphatic rings. The molecule has 0 fully saturated rings. The van der Waals surface area contributed by atoms with Gasteiger partial charge in [-0.1, -0.05) is 20.8 Å². The molecule has 0 aromatic carbocycles. The standard InChI is InChI=1S/C10H17NO4/c1-5-11(8(13)9(14)15)6-7(12)10(2,3)4/h5-6H2,1-4H3,(H,14,15). The van der Waals surface area contributed by atoms with Crippen molar-refractivity contribution in [2.45, 2.75) is 27.7 Å². The van der Waals surface area contributed by atoms with Crippen LogP contribution in [0, 0.1) is 5.41 Å². The first-order valence-electron chi connectivity index (χ1n) is 4.75. The monoisotopic (exact) mass is 215 g/mol. The molecular formula is C10H17NO4. The fourth-order valence-corrected chi connectivity index (χ4v) is 0.873. The molecule has 0 atom stereocenters. The van der Waals surface area contributed by atoms with Crippen LogP contribution >= 0.6 is 0 Å². The van der Waals surface area contributed by atoms with Gasteiger partial charge in [0, 0.05) is 12.0 Å². The summed E-state index contributed by atoms with van der Waals surface area (Å²) >= 11 is 0. The van der Waals surface area contributed by atoms with Gasteiger partial charge in [0.1, 0.15) is 0 Å². The Balaban J connectivity index is 4.55. The van der Waals surface area contributed by atoms with Crippen molar-refractivity contribution in [1.82, 2.24) is 4.90 Å². The molecule has 5 heteroatoms. The molecule has 86 valence electrons. The number of carbonyl (C=O) groups is 3. The number of likely N-dealkylation sites (N-methyl/N-ethyl adjacent to an activating group) is 1. The van der Waals surface area contributed by atoms with Gasteiger partial charge in [-0.15, -0.1) is 0 Å². The van der Waals surface area contributed by atoms with Crippen LogP contribution in [-0.4, -0.2) is 40.8 Å². The van der Waals surface area contributed by atoms with Crippen LogP contribution in [0.1, 0.15) is 27.7 Å². The average molecular weight is 215 g/mol. The Morgan fingerprint density at radius 1 is 1.20 bits per heavy atom. The van der Waals surface area contributed by atoms with Gasteiger partial charge in [-0.3, -0.25) is 9.59 Å².